The number of rotatable bonds is 8. The van der Waals surface area contributed by atoms with Crippen LogP contribution in [0.4, 0.5) is 0 Å². The van der Waals surface area contributed by atoms with Gasteiger partial charge in [0.15, 0.2) is 11.2 Å². The second-order valence-electron chi connectivity index (χ2n) is 10.3. The minimum atomic E-state index is -2.20. The Labute approximate surface area is 237 Å². The Bertz CT molecular complexity index is 1560. The number of carboxylic acids is 1. The number of carbonyl (C=O) groups is 1. The van der Waals surface area contributed by atoms with Gasteiger partial charge in [0.1, 0.15) is 35.7 Å². The van der Waals surface area contributed by atoms with Crippen LogP contribution in [0.2, 0.25) is 0 Å². The molecule has 1 aliphatic heterocycles. The summed E-state index contributed by atoms with van der Waals surface area (Å²) in [6, 6.07) is 28.8. The number of fused-ring (bicyclic) bond motifs is 3. The lowest BCUT2D eigenvalue weighted by Crippen LogP contribution is -2.52. The predicted molar refractivity (Wildman–Crippen MR) is 149 cm³/mol. The molecule has 8 heteroatoms. The molecule has 0 amide bonds. The normalized spacial score (nSPS) is 26.0. The summed E-state index contributed by atoms with van der Waals surface area (Å²) < 4.78 is 23.9. The molecule has 6 rings (SSSR count). The number of carboxylic acid groups (broad SMARTS) is 1. The zero-order chi connectivity index (χ0) is 28.8. The molecule has 0 spiro atoms. The SMILES string of the molecule is COc1ccc([C@@]23Oc4cc(OCc5ccccc5)cc(OC)c4[C@]2(O)[C@H](O)[C@H](C(=O)O)[C@H]3c2ccccc2)cc1. The molecule has 3 N–H and O–H groups in total. The molecular weight excluding hydrogens is 524 g/mol. The first kappa shape index (κ1) is 26.7. The average molecular weight is 555 g/mol. The minimum Gasteiger partial charge on any atom is -0.497 e. The highest BCUT2D eigenvalue weighted by atomic mass is 16.5. The van der Waals surface area contributed by atoms with Crippen LogP contribution in [0, 0.1) is 5.92 Å². The third-order valence-corrected chi connectivity index (χ3v) is 8.25. The number of aliphatic hydroxyl groups is 2. The van der Waals surface area contributed by atoms with Crippen LogP contribution in [0.15, 0.2) is 97.1 Å². The highest BCUT2D eigenvalue weighted by molar-refractivity contribution is 5.77. The smallest absolute Gasteiger partial charge is 0.310 e. The average Bonchev–Trinajstić information content (AvgIpc) is 3.39. The van der Waals surface area contributed by atoms with Crippen LogP contribution in [0.1, 0.15) is 28.2 Å². The summed E-state index contributed by atoms with van der Waals surface area (Å²) in [6.45, 7) is 0.285. The van der Waals surface area contributed by atoms with Crippen LogP contribution in [-0.4, -0.2) is 41.6 Å². The van der Waals surface area contributed by atoms with Crippen LogP contribution in [0.3, 0.4) is 0 Å². The Hall–Kier alpha value is -4.53. The molecule has 41 heavy (non-hydrogen) atoms. The minimum absolute atomic E-state index is 0.167. The van der Waals surface area contributed by atoms with Gasteiger partial charge in [0, 0.05) is 18.1 Å². The fourth-order valence-electron chi connectivity index (χ4n) is 6.48. The number of methoxy groups -OCH3 is 2. The van der Waals surface area contributed by atoms with Crippen molar-refractivity contribution in [1.82, 2.24) is 0 Å². The first-order valence-electron chi connectivity index (χ1n) is 13.3. The third kappa shape index (κ3) is 3.94. The molecule has 1 heterocycles. The molecule has 0 aromatic heterocycles. The number of aliphatic hydroxyl groups excluding tert-OH is 1. The maximum atomic E-state index is 12.8. The third-order valence-electron chi connectivity index (χ3n) is 8.25. The lowest BCUT2D eigenvalue weighted by molar-refractivity contribution is -0.159. The van der Waals surface area contributed by atoms with Gasteiger partial charge in [-0.1, -0.05) is 72.8 Å². The predicted octanol–water partition coefficient (Wildman–Crippen LogP) is 4.62. The molecule has 8 nitrogen and oxygen atoms in total. The van der Waals surface area contributed by atoms with Crippen LogP contribution >= 0.6 is 0 Å². The summed E-state index contributed by atoms with van der Waals surface area (Å²) in [5, 5.41) is 35.0. The molecule has 4 aromatic rings. The van der Waals surface area contributed by atoms with E-state index in [0.29, 0.717) is 22.6 Å². The van der Waals surface area contributed by atoms with Gasteiger partial charge < -0.3 is 34.3 Å². The molecule has 1 aliphatic carbocycles. The Morgan fingerprint density at radius 1 is 0.878 bits per heavy atom. The first-order chi connectivity index (χ1) is 19.8. The van der Waals surface area contributed by atoms with Gasteiger partial charge in [0.2, 0.25) is 0 Å². The molecule has 0 radical (unpaired) electrons. The van der Waals surface area contributed by atoms with E-state index in [0.717, 1.165) is 5.56 Å². The fraction of sp³-hybridized carbons (Fsp3) is 0.242. The van der Waals surface area contributed by atoms with E-state index in [1.54, 1.807) is 67.8 Å². The molecule has 1 saturated carbocycles. The van der Waals surface area contributed by atoms with Crippen LogP contribution in [0.5, 0.6) is 23.0 Å². The van der Waals surface area contributed by atoms with Crippen molar-refractivity contribution in [3.63, 3.8) is 0 Å². The Morgan fingerprint density at radius 3 is 2.15 bits per heavy atom. The van der Waals surface area contributed by atoms with Crippen molar-refractivity contribution < 1.29 is 39.1 Å². The number of hydrogen-bond acceptors (Lipinski definition) is 7. The quantitative estimate of drug-likeness (QED) is 0.289. The summed E-state index contributed by atoms with van der Waals surface area (Å²) in [5.74, 6) is -2.21. The monoisotopic (exact) mass is 554 g/mol. The van der Waals surface area contributed by atoms with Gasteiger partial charge in [0.05, 0.1) is 25.7 Å². The van der Waals surface area contributed by atoms with Gasteiger partial charge in [-0.15, -0.1) is 0 Å². The molecule has 1 fully saturated rings. The zero-order valence-corrected chi connectivity index (χ0v) is 22.6. The molecule has 4 aromatic carbocycles. The van der Waals surface area contributed by atoms with E-state index in [1.807, 2.05) is 36.4 Å². The van der Waals surface area contributed by atoms with Crippen molar-refractivity contribution in [2.45, 2.75) is 29.8 Å². The molecule has 5 atom stereocenters. The lowest BCUT2D eigenvalue weighted by atomic mass is 9.70. The molecule has 0 unspecified atom stereocenters. The highest BCUT2D eigenvalue weighted by Gasteiger charge is 2.78. The van der Waals surface area contributed by atoms with Crippen molar-refractivity contribution in [2.24, 2.45) is 5.92 Å². The van der Waals surface area contributed by atoms with Gasteiger partial charge >= 0.3 is 5.97 Å². The molecular formula is C33H30O8. The fourth-order valence-corrected chi connectivity index (χ4v) is 6.48. The number of benzene rings is 4. The van der Waals surface area contributed by atoms with Crippen molar-refractivity contribution in [2.75, 3.05) is 14.2 Å². The van der Waals surface area contributed by atoms with Crippen molar-refractivity contribution >= 4 is 5.97 Å². The molecule has 210 valence electrons. The number of ether oxygens (including phenoxy) is 4. The molecule has 0 bridgehead atoms. The first-order valence-corrected chi connectivity index (χ1v) is 13.3. The van der Waals surface area contributed by atoms with Crippen molar-refractivity contribution in [3.05, 3.63) is 119 Å². The van der Waals surface area contributed by atoms with E-state index in [1.165, 1.54) is 7.11 Å². The van der Waals surface area contributed by atoms with E-state index >= 15 is 0 Å². The summed E-state index contributed by atoms with van der Waals surface area (Å²) in [6.07, 6.45) is -1.75. The second kappa shape index (κ2) is 10.1. The van der Waals surface area contributed by atoms with Gasteiger partial charge in [-0.05, 0) is 28.8 Å². The molecule has 2 aliphatic rings. The summed E-state index contributed by atoms with van der Waals surface area (Å²) in [5.41, 5.74) is -1.75. The van der Waals surface area contributed by atoms with E-state index in [2.05, 4.69) is 0 Å². The Balaban J connectivity index is 1.57. The van der Waals surface area contributed by atoms with Crippen LogP contribution < -0.4 is 18.9 Å². The van der Waals surface area contributed by atoms with Gasteiger partial charge in [-0.3, -0.25) is 4.79 Å². The largest absolute Gasteiger partial charge is 0.497 e. The van der Waals surface area contributed by atoms with Gasteiger partial charge in [-0.25, -0.2) is 0 Å². The molecule has 0 saturated heterocycles. The van der Waals surface area contributed by atoms with Gasteiger partial charge in [-0.2, -0.15) is 0 Å². The van der Waals surface area contributed by atoms with E-state index < -0.39 is 35.1 Å². The topological polar surface area (TPSA) is 115 Å². The van der Waals surface area contributed by atoms with Crippen molar-refractivity contribution in [1.29, 1.82) is 0 Å². The van der Waals surface area contributed by atoms with E-state index in [4.69, 9.17) is 18.9 Å². The summed E-state index contributed by atoms with van der Waals surface area (Å²) in [4.78, 5) is 12.8. The maximum absolute atomic E-state index is 12.8. The number of aliphatic carboxylic acids is 1. The summed E-state index contributed by atoms with van der Waals surface area (Å²) >= 11 is 0. The standard InChI is InChI=1S/C33H30O8/c1-38-23-15-13-22(14-16-23)33-28(21-11-7-4-8-12-21)27(31(35)36)30(34)32(33,37)29-25(39-2)17-24(18-26(29)41-33)40-19-20-9-5-3-6-10-20/h3-18,27-28,30,34,37H,19H2,1-2H3,(H,35,36)/t27-,28-,30-,32+,33+/m1/s1. The summed E-state index contributed by atoms with van der Waals surface area (Å²) in [7, 11) is 2.98. The van der Waals surface area contributed by atoms with Crippen LogP contribution in [-0.2, 0) is 22.6 Å². The zero-order valence-electron chi connectivity index (χ0n) is 22.6. The Kier molecular flexibility index (Phi) is 6.60. The van der Waals surface area contributed by atoms with Crippen molar-refractivity contribution in [3.8, 4) is 23.0 Å². The van der Waals surface area contributed by atoms with E-state index in [-0.39, 0.29) is 23.7 Å². The Morgan fingerprint density at radius 2 is 1.54 bits per heavy atom. The maximum Gasteiger partial charge on any atom is 0.310 e. The van der Waals surface area contributed by atoms with E-state index in [9.17, 15) is 20.1 Å². The van der Waals surface area contributed by atoms with Crippen LogP contribution in [0.25, 0.3) is 0 Å². The number of hydrogen-bond donors (Lipinski definition) is 3. The highest BCUT2D eigenvalue weighted by Crippen LogP contribution is 2.70. The second-order valence-corrected chi connectivity index (χ2v) is 10.3. The lowest BCUT2D eigenvalue weighted by Gasteiger charge is -2.40. The van der Waals surface area contributed by atoms with Gasteiger partial charge in [0.25, 0.3) is 0 Å².